The molecule has 4 nitrogen and oxygen atoms in total. The number of anilines is 2. The molecular formula is C9H12ClN3O. The molecule has 0 radical (unpaired) electrons. The van der Waals surface area contributed by atoms with Crippen LogP contribution in [0.4, 0.5) is 11.5 Å². The first-order valence-electron chi connectivity index (χ1n) is 4.51. The zero-order valence-corrected chi connectivity index (χ0v) is 8.41. The van der Waals surface area contributed by atoms with Gasteiger partial charge in [-0.25, -0.2) is 4.98 Å². The van der Waals surface area contributed by atoms with E-state index in [2.05, 4.69) is 4.98 Å². The summed E-state index contributed by atoms with van der Waals surface area (Å²) in [5.41, 5.74) is 6.25. The average molecular weight is 214 g/mol. The van der Waals surface area contributed by atoms with E-state index in [0.717, 1.165) is 18.8 Å². The third-order valence-electron chi connectivity index (χ3n) is 2.29. The Bertz CT molecular complexity index is 325. The van der Waals surface area contributed by atoms with Crippen LogP contribution in [0.25, 0.3) is 0 Å². The van der Waals surface area contributed by atoms with E-state index >= 15 is 0 Å². The molecule has 1 atom stereocenters. The molecule has 76 valence electrons. The standard InChI is InChI=1S/C9H12ClN3O/c10-8-3-6(11)4-9(12-8)13-2-1-7(14)5-13/h3-4,7,14H,1-2,5H2,(H2,11,12). The minimum absolute atomic E-state index is 0.267. The number of nitrogens with two attached hydrogens (primary N) is 1. The van der Waals surface area contributed by atoms with E-state index in [1.54, 1.807) is 12.1 Å². The highest BCUT2D eigenvalue weighted by atomic mass is 35.5. The van der Waals surface area contributed by atoms with Crippen LogP contribution in [0.2, 0.25) is 5.15 Å². The zero-order chi connectivity index (χ0) is 10.1. The van der Waals surface area contributed by atoms with Gasteiger partial charge in [-0.05, 0) is 12.5 Å². The van der Waals surface area contributed by atoms with Crippen LogP contribution in [-0.2, 0) is 0 Å². The number of rotatable bonds is 1. The maximum Gasteiger partial charge on any atom is 0.133 e. The maximum absolute atomic E-state index is 9.37. The largest absolute Gasteiger partial charge is 0.399 e. The van der Waals surface area contributed by atoms with Crippen molar-refractivity contribution in [3.63, 3.8) is 0 Å². The molecule has 0 aliphatic carbocycles. The first-order valence-corrected chi connectivity index (χ1v) is 4.89. The summed E-state index contributed by atoms with van der Waals surface area (Å²) in [7, 11) is 0. The topological polar surface area (TPSA) is 62.4 Å². The third-order valence-corrected chi connectivity index (χ3v) is 2.48. The fraction of sp³-hybridized carbons (Fsp3) is 0.444. The average Bonchev–Trinajstić information content (AvgIpc) is 2.50. The second kappa shape index (κ2) is 3.63. The van der Waals surface area contributed by atoms with Crippen LogP contribution >= 0.6 is 11.6 Å². The van der Waals surface area contributed by atoms with Crippen LogP contribution in [0.5, 0.6) is 0 Å². The minimum atomic E-state index is -0.267. The summed E-state index contributed by atoms with van der Waals surface area (Å²) in [6.07, 6.45) is 0.505. The fourth-order valence-corrected chi connectivity index (χ4v) is 1.83. The Morgan fingerprint density at radius 1 is 1.57 bits per heavy atom. The van der Waals surface area contributed by atoms with Crippen LogP contribution in [0.3, 0.4) is 0 Å². The van der Waals surface area contributed by atoms with Crippen molar-refractivity contribution in [3.05, 3.63) is 17.3 Å². The molecule has 1 aromatic rings. The molecule has 5 heteroatoms. The Morgan fingerprint density at radius 2 is 2.36 bits per heavy atom. The molecule has 1 unspecified atom stereocenters. The number of hydrogen-bond acceptors (Lipinski definition) is 4. The number of aliphatic hydroxyl groups excluding tert-OH is 1. The first kappa shape index (κ1) is 9.55. The van der Waals surface area contributed by atoms with Gasteiger partial charge in [-0.1, -0.05) is 11.6 Å². The van der Waals surface area contributed by atoms with Gasteiger partial charge in [0, 0.05) is 24.8 Å². The summed E-state index contributed by atoms with van der Waals surface area (Å²) >= 11 is 5.78. The lowest BCUT2D eigenvalue weighted by molar-refractivity contribution is 0.198. The van der Waals surface area contributed by atoms with Gasteiger partial charge in [-0.15, -0.1) is 0 Å². The lowest BCUT2D eigenvalue weighted by Crippen LogP contribution is -2.22. The van der Waals surface area contributed by atoms with Crippen molar-refractivity contribution in [2.24, 2.45) is 0 Å². The van der Waals surface area contributed by atoms with E-state index in [0.29, 0.717) is 17.4 Å². The number of halogens is 1. The smallest absolute Gasteiger partial charge is 0.133 e. The van der Waals surface area contributed by atoms with Gasteiger partial charge >= 0.3 is 0 Å². The predicted molar refractivity (Wildman–Crippen MR) is 56.5 cm³/mol. The molecule has 3 N–H and O–H groups in total. The summed E-state index contributed by atoms with van der Waals surface area (Å²) in [6, 6.07) is 3.38. The molecule has 0 aromatic carbocycles. The van der Waals surface area contributed by atoms with Gasteiger partial charge in [0.1, 0.15) is 11.0 Å². The summed E-state index contributed by atoms with van der Waals surface area (Å²) < 4.78 is 0. The van der Waals surface area contributed by atoms with E-state index in [1.807, 2.05) is 4.90 Å². The molecule has 0 amide bonds. The van der Waals surface area contributed by atoms with Crippen LogP contribution in [0.1, 0.15) is 6.42 Å². The monoisotopic (exact) mass is 213 g/mol. The van der Waals surface area contributed by atoms with Crippen molar-refractivity contribution >= 4 is 23.1 Å². The molecule has 1 saturated heterocycles. The van der Waals surface area contributed by atoms with E-state index in [-0.39, 0.29) is 6.10 Å². The molecule has 0 saturated carbocycles. The maximum atomic E-state index is 9.37. The number of hydrogen-bond donors (Lipinski definition) is 2. The highest BCUT2D eigenvalue weighted by Crippen LogP contribution is 2.22. The van der Waals surface area contributed by atoms with E-state index in [9.17, 15) is 5.11 Å². The van der Waals surface area contributed by atoms with Gasteiger partial charge in [-0.2, -0.15) is 0 Å². The molecule has 1 aliphatic rings. The van der Waals surface area contributed by atoms with Crippen molar-refractivity contribution in [2.45, 2.75) is 12.5 Å². The molecule has 14 heavy (non-hydrogen) atoms. The number of β-amino-alcohol motifs (C(OH)–C–C–N with tert-alkyl or cyclic N) is 1. The lowest BCUT2D eigenvalue weighted by atomic mass is 10.3. The number of nitrogens with zero attached hydrogens (tertiary/aromatic N) is 2. The second-order valence-electron chi connectivity index (χ2n) is 3.47. The highest BCUT2D eigenvalue weighted by Gasteiger charge is 2.21. The number of pyridine rings is 1. The van der Waals surface area contributed by atoms with Gasteiger partial charge in [-0.3, -0.25) is 0 Å². The van der Waals surface area contributed by atoms with Crippen molar-refractivity contribution in [2.75, 3.05) is 23.7 Å². The molecule has 2 heterocycles. The highest BCUT2D eigenvalue weighted by molar-refractivity contribution is 6.29. The van der Waals surface area contributed by atoms with Crippen molar-refractivity contribution < 1.29 is 5.11 Å². The molecule has 1 aromatic heterocycles. The van der Waals surface area contributed by atoms with E-state index in [4.69, 9.17) is 17.3 Å². The van der Waals surface area contributed by atoms with Gasteiger partial charge in [0.25, 0.3) is 0 Å². The predicted octanol–water partition coefficient (Wildman–Crippen LogP) is 0.888. The van der Waals surface area contributed by atoms with Crippen LogP contribution in [0.15, 0.2) is 12.1 Å². The number of nitrogen functional groups attached to an aromatic ring is 1. The molecular weight excluding hydrogens is 202 g/mol. The first-order chi connectivity index (χ1) is 6.65. The van der Waals surface area contributed by atoms with Gasteiger partial charge in [0.05, 0.1) is 6.10 Å². The van der Waals surface area contributed by atoms with Crippen molar-refractivity contribution in [1.82, 2.24) is 4.98 Å². The van der Waals surface area contributed by atoms with Crippen LogP contribution in [-0.4, -0.2) is 29.3 Å². The van der Waals surface area contributed by atoms with Gasteiger partial charge in [0.15, 0.2) is 0 Å². The molecule has 1 aliphatic heterocycles. The van der Waals surface area contributed by atoms with Gasteiger partial charge in [0.2, 0.25) is 0 Å². The Kier molecular flexibility index (Phi) is 2.48. The molecule has 2 rings (SSSR count). The SMILES string of the molecule is Nc1cc(Cl)nc(N2CCC(O)C2)c1. The number of aromatic nitrogens is 1. The van der Waals surface area contributed by atoms with Gasteiger partial charge < -0.3 is 15.7 Å². The van der Waals surface area contributed by atoms with E-state index < -0.39 is 0 Å². The van der Waals surface area contributed by atoms with Crippen molar-refractivity contribution in [3.8, 4) is 0 Å². The quantitative estimate of drug-likeness (QED) is 0.681. The third kappa shape index (κ3) is 1.91. The Hall–Kier alpha value is -1.00. The second-order valence-corrected chi connectivity index (χ2v) is 3.86. The lowest BCUT2D eigenvalue weighted by Gasteiger charge is -2.16. The number of aliphatic hydroxyl groups is 1. The molecule has 1 fully saturated rings. The summed E-state index contributed by atoms with van der Waals surface area (Å²) in [5, 5.41) is 9.76. The Balaban J connectivity index is 2.23. The Morgan fingerprint density at radius 3 is 2.93 bits per heavy atom. The zero-order valence-electron chi connectivity index (χ0n) is 7.65. The normalized spacial score (nSPS) is 21.6. The summed E-state index contributed by atoms with van der Waals surface area (Å²) in [4.78, 5) is 6.13. The van der Waals surface area contributed by atoms with Crippen LogP contribution < -0.4 is 10.6 Å². The molecule has 0 bridgehead atoms. The Labute approximate surface area is 87.3 Å². The van der Waals surface area contributed by atoms with E-state index in [1.165, 1.54) is 0 Å². The fourth-order valence-electron chi connectivity index (χ4n) is 1.61. The van der Waals surface area contributed by atoms with Crippen LogP contribution in [0, 0.1) is 0 Å². The molecule has 0 spiro atoms. The van der Waals surface area contributed by atoms with Crippen molar-refractivity contribution in [1.29, 1.82) is 0 Å². The summed E-state index contributed by atoms with van der Waals surface area (Å²) in [5.74, 6) is 0.742. The minimum Gasteiger partial charge on any atom is -0.399 e. The summed E-state index contributed by atoms with van der Waals surface area (Å²) in [6.45, 7) is 1.40.